The third-order valence-electron chi connectivity index (χ3n) is 2.71. The highest BCUT2D eigenvalue weighted by Gasteiger charge is 2.14. The minimum Gasteiger partial charge on any atom is -0.494 e. The van der Waals surface area contributed by atoms with Crippen LogP contribution in [0.5, 0.6) is 5.75 Å². The van der Waals surface area contributed by atoms with Crippen LogP contribution in [0.25, 0.3) is 0 Å². The van der Waals surface area contributed by atoms with Gasteiger partial charge in [-0.3, -0.25) is 0 Å². The first kappa shape index (κ1) is 13.2. The van der Waals surface area contributed by atoms with Crippen molar-refractivity contribution >= 4 is 11.4 Å². The number of benzene rings is 1. The van der Waals surface area contributed by atoms with Crippen LogP contribution in [-0.4, -0.2) is 12.1 Å². The lowest BCUT2D eigenvalue weighted by molar-refractivity contribution is 0.387. The van der Waals surface area contributed by atoms with Gasteiger partial charge in [-0.05, 0) is 13.8 Å². The first-order chi connectivity index (χ1) is 9.01. The quantitative estimate of drug-likeness (QED) is 0.831. The average Bonchev–Trinajstić information content (AvgIpc) is 2.79. The molecule has 0 amide bonds. The second-order valence-electron chi connectivity index (χ2n) is 4.25. The van der Waals surface area contributed by atoms with Crippen molar-refractivity contribution in [2.24, 2.45) is 0 Å². The monoisotopic (exact) mass is 265 g/mol. The van der Waals surface area contributed by atoms with Crippen molar-refractivity contribution in [3.05, 3.63) is 35.8 Å². The highest BCUT2D eigenvalue weighted by Crippen LogP contribution is 2.30. The summed E-state index contributed by atoms with van der Waals surface area (Å²) in [7, 11) is 1.40. The standard InChI is InChI=1S/C13H16FN3O2/c1-7-6-16-13(19-7)8(2)17-11-5-12(18-3)9(14)4-10(11)15/h4-6,8,17H,15H2,1-3H3. The number of aromatic nitrogens is 1. The van der Waals surface area contributed by atoms with Gasteiger partial charge >= 0.3 is 0 Å². The molecule has 0 saturated carbocycles. The maximum atomic E-state index is 13.4. The predicted octanol–water partition coefficient (Wildman–Crippen LogP) is 2.89. The Hall–Kier alpha value is -2.24. The van der Waals surface area contributed by atoms with Gasteiger partial charge in [-0.25, -0.2) is 9.37 Å². The molecule has 0 spiro atoms. The number of nitrogens with one attached hydrogen (secondary N) is 1. The van der Waals surface area contributed by atoms with E-state index in [1.807, 2.05) is 13.8 Å². The van der Waals surface area contributed by atoms with Gasteiger partial charge < -0.3 is 20.2 Å². The van der Waals surface area contributed by atoms with Crippen LogP contribution in [0.15, 0.2) is 22.7 Å². The first-order valence-corrected chi connectivity index (χ1v) is 5.83. The summed E-state index contributed by atoms with van der Waals surface area (Å²) in [6, 6.07) is 2.54. The van der Waals surface area contributed by atoms with E-state index in [2.05, 4.69) is 10.3 Å². The Morgan fingerprint density at radius 1 is 1.47 bits per heavy atom. The molecule has 0 radical (unpaired) electrons. The fraction of sp³-hybridized carbons (Fsp3) is 0.308. The molecular weight excluding hydrogens is 249 g/mol. The maximum Gasteiger partial charge on any atom is 0.216 e. The van der Waals surface area contributed by atoms with Crippen LogP contribution >= 0.6 is 0 Å². The molecule has 5 nitrogen and oxygen atoms in total. The summed E-state index contributed by atoms with van der Waals surface area (Å²) >= 11 is 0. The zero-order valence-corrected chi connectivity index (χ0v) is 11.0. The number of halogens is 1. The van der Waals surface area contributed by atoms with Crippen molar-refractivity contribution in [3.8, 4) is 5.75 Å². The lowest BCUT2D eigenvalue weighted by atomic mass is 10.2. The molecule has 0 saturated heterocycles. The predicted molar refractivity (Wildman–Crippen MR) is 70.6 cm³/mol. The van der Waals surface area contributed by atoms with Crippen molar-refractivity contribution < 1.29 is 13.5 Å². The van der Waals surface area contributed by atoms with Crippen LogP contribution in [0, 0.1) is 12.7 Å². The lowest BCUT2D eigenvalue weighted by Gasteiger charge is -2.15. The smallest absolute Gasteiger partial charge is 0.216 e. The van der Waals surface area contributed by atoms with Crippen LogP contribution in [0.2, 0.25) is 0 Å². The molecule has 102 valence electrons. The van der Waals surface area contributed by atoms with Crippen LogP contribution < -0.4 is 15.8 Å². The summed E-state index contributed by atoms with van der Waals surface area (Å²) in [5.74, 6) is 0.908. The van der Waals surface area contributed by atoms with E-state index in [4.69, 9.17) is 14.9 Å². The number of methoxy groups -OCH3 is 1. The summed E-state index contributed by atoms with van der Waals surface area (Å²) in [5, 5.41) is 3.11. The van der Waals surface area contributed by atoms with E-state index in [1.54, 1.807) is 6.20 Å². The Balaban J connectivity index is 2.23. The van der Waals surface area contributed by atoms with Crippen LogP contribution in [0.4, 0.5) is 15.8 Å². The van der Waals surface area contributed by atoms with Crippen LogP contribution in [0.1, 0.15) is 24.6 Å². The molecule has 19 heavy (non-hydrogen) atoms. The zero-order valence-electron chi connectivity index (χ0n) is 11.0. The summed E-state index contributed by atoms with van der Waals surface area (Å²) in [6.07, 6.45) is 1.64. The second-order valence-corrected chi connectivity index (χ2v) is 4.25. The SMILES string of the molecule is COc1cc(NC(C)c2ncc(C)o2)c(N)cc1F. The number of oxazole rings is 1. The van der Waals surface area contributed by atoms with Gasteiger partial charge in [0.2, 0.25) is 5.89 Å². The number of ether oxygens (including phenoxy) is 1. The lowest BCUT2D eigenvalue weighted by Crippen LogP contribution is -2.09. The normalized spacial score (nSPS) is 12.2. The van der Waals surface area contributed by atoms with Crippen molar-refractivity contribution in [3.63, 3.8) is 0 Å². The van der Waals surface area contributed by atoms with E-state index in [1.165, 1.54) is 19.2 Å². The number of nitrogens with zero attached hydrogens (tertiary/aromatic N) is 1. The third kappa shape index (κ3) is 2.78. The topological polar surface area (TPSA) is 73.3 Å². The molecule has 0 aliphatic heterocycles. The molecule has 1 aromatic carbocycles. The molecule has 0 aliphatic carbocycles. The highest BCUT2D eigenvalue weighted by atomic mass is 19.1. The van der Waals surface area contributed by atoms with Crippen molar-refractivity contribution in [2.45, 2.75) is 19.9 Å². The number of aryl methyl sites for hydroxylation is 1. The molecular formula is C13H16FN3O2. The van der Waals surface area contributed by atoms with Gasteiger partial charge in [0.25, 0.3) is 0 Å². The Kier molecular flexibility index (Phi) is 3.59. The summed E-state index contributed by atoms with van der Waals surface area (Å²) < 4.78 is 23.8. The third-order valence-corrected chi connectivity index (χ3v) is 2.71. The van der Waals surface area contributed by atoms with Crippen molar-refractivity contribution in [1.82, 2.24) is 4.98 Å². The van der Waals surface area contributed by atoms with Crippen molar-refractivity contribution in [2.75, 3.05) is 18.2 Å². The van der Waals surface area contributed by atoms with E-state index in [0.717, 1.165) is 5.76 Å². The van der Waals surface area contributed by atoms with E-state index < -0.39 is 5.82 Å². The Labute approximate surface area is 110 Å². The molecule has 6 heteroatoms. The van der Waals surface area contributed by atoms with Crippen LogP contribution in [0.3, 0.4) is 0 Å². The number of nitrogen functional groups attached to an aromatic ring is 1. The Bertz CT molecular complexity index is 583. The molecule has 2 aromatic rings. The molecule has 1 unspecified atom stereocenters. The highest BCUT2D eigenvalue weighted by molar-refractivity contribution is 5.69. The number of hydrogen-bond acceptors (Lipinski definition) is 5. The number of rotatable bonds is 4. The zero-order chi connectivity index (χ0) is 14.0. The molecule has 2 rings (SSSR count). The molecule has 1 aromatic heterocycles. The van der Waals surface area contributed by atoms with Gasteiger partial charge in [-0.1, -0.05) is 0 Å². The van der Waals surface area contributed by atoms with E-state index in [-0.39, 0.29) is 11.8 Å². The Morgan fingerprint density at radius 2 is 2.21 bits per heavy atom. The van der Waals surface area contributed by atoms with Gasteiger partial charge in [0, 0.05) is 12.1 Å². The van der Waals surface area contributed by atoms with Crippen LogP contribution in [-0.2, 0) is 0 Å². The summed E-state index contributed by atoms with van der Waals surface area (Å²) in [5.41, 5.74) is 6.64. The largest absolute Gasteiger partial charge is 0.494 e. The maximum absolute atomic E-state index is 13.4. The second kappa shape index (κ2) is 5.17. The molecule has 0 bridgehead atoms. The molecule has 0 aliphatic rings. The fourth-order valence-corrected chi connectivity index (χ4v) is 1.72. The fourth-order valence-electron chi connectivity index (χ4n) is 1.72. The molecule has 1 heterocycles. The Morgan fingerprint density at radius 3 is 2.79 bits per heavy atom. The molecule has 0 fully saturated rings. The van der Waals surface area contributed by atoms with Gasteiger partial charge in [-0.2, -0.15) is 0 Å². The minimum absolute atomic E-state index is 0.132. The van der Waals surface area contributed by atoms with E-state index in [0.29, 0.717) is 17.3 Å². The average molecular weight is 265 g/mol. The minimum atomic E-state index is -0.495. The number of nitrogens with two attached hydrogens (primary N) is 1. The first-order valence-electron chi connectivity index (χ1n) is 5.83. The molecule has 3 N–H and O–H groups in total. The number of hydrogen-bond donors (Lipinski definition) is 2. The van der Waals surface area contributed by atoms with Gasteiger partial charge in [0.15, 0.2) is 11.6 Å². The van der Waals surface area contributed by atoms with Crippen molar-refractivity contribution in [1.29, 1.82) is 0 Å². The summed E-state index contributed by atoms with van der Waals surface area (Å²) in [4.78, 5) is 4.13. The van der Waals surface area contributed by atoms with E-state index >= 15 is 0 Å². The van der Waals surface area contributed by atoms with E-state index in [9.17, 15) is 4.39 Å². The van der Waals surface area contributed by atoms with Gasteiger partial charge in [-0.15, -0.1) is 0 Å². The summed E-state index contributed by atoms with van der Waals surface area (Å²) in [6.45, 7) is 3.69. The van der Waals surface area contributed by atoms with Gasteiger partial charge in [0.1, 0.15) is 11.8 Å². The number of anilines is 2. The van der Waals surface area contributed by atoms with Gasteiger partial charge in [0.05, 0.1) is 24.7 Å². The molecule has 1 atom stereocenters.